The monoisotopic (exact) mass is 485 g/mol. The van der Waals surface area contributed by atoms with Gasteiger partial charge in [-0.3, -0.25) is 9.78 Å². The van der Waals surface area contributed by atoms with Gasteiger partial charge in [-0.25, -0.2) is 4.39 Å². The Labute approximate surface area is 167 Å². The first-order chi connectivity index (χ1) is 13.0. The van der Waals surface area contributed by atoms with Gasteiger partial charge in [-0.2, -0.15) is 0 Å². The van der Waals surface area contributed by atoms with Crippen LogP contribution in [0.4, 0.5) is 15.8 Å². The minimum Gasteiger partial charge on any atom is -0.448 e. The number of aliphatic hydroxyl groups is 2. The number of fused-ring (bicyclic) bond motifs is 1. The van der Waals surface area contributed by atoms with Gasteiger partial charge in [0.2, 0.25) is 5.76 Å². The van der Waals surface area contributed by atoms with Crippen LogP contribution < -0.4 is 10.6 Å². The number of hydrogen-bond acceptors (Lipinski definition) is 6. The normalized spacial score (nSPS) is 12.1. The van der Waals surface area contributed by atoms with Crippen LogP contribution in [0.5, 0.6) is 0 Å². The molecule has 1 aromatic carbocycles. The van der Waals surface area contributed by atoms with Crippen LogP contribution in [0.15, 0.2) is 41.1 Å². The standard InChI is InChI=1S/C18H17FIN3O4/c19-13-7-10(20)1-2-14(13)23-16-12-8-21-5-4-15(12)27-17(16)18(26)22-6-3-11(25)9-24/h1-2,4-5,7-8,11,23-25H,3,6,9H2,(H,22,26)/t11-/m0/s1. The lowest BCUT2D eigenvalue weighted by molar-refractivity contribution is 0.0824. The van der Waals surface area contributed by atoms with E-state index < -0.39 is 17.8 Å². The fourth-order valence-electron chi connectivity index (χ4n) is 2.48. The van der Waals surface area contributed by atoms with Crippen LogP contribution in [0.3, 0.4) is 0 Å². The van der Waals surface area contributed by atoms with Gasteiger partial charge in [0.25, 0.3) is 5.91 Å². The topological polar surface area (TPSA) is 108 Å². The minimum atomic E-state index is -0.913. The number of hydrogen-bond donors (Lipinski definition) is 4. The Bertz CT molecular complexity index is 963. The maximum absolute atomic E-state index is 14.2. The quantitative estimate of drug-likeness (QED) is 0.384. The maximum atomic E-state index is 14.2. The van der Waals surface area contributed by atoms with Crippen LogP contribution >= 0.6 is 22.6 Å². The van der Waals surface area contributed by atoms with E-state index in [9.17, 15) is 14.3 Å². The van der Waals surface area contributed by atoms with Crippen molar-refractivity contribution in [2.45, 2.75) is 12.5 Å². The van der Waals surface area contributed by atoms with Crippen molar-refractivity contribution in [1.29, 1.82) is 0 Å². The van der Waals surface area contributed by atoms with E-state index in [0.717, 1.165) is 3.57 Å². The molecule has 2 aromatic heterocycles. The molecule has 9 heteroatoms. The van der Waals surface area contributed by atoms with Crippen molar-refractivity contribution in [2.24, 2.45) is 0 Å². The number of halogens is 2. The fourth-order valence-corrected chi connectivity index (χ4v) is 2.93. The lowest BCUT2D eigenvalue weighted by atomic mass is 10.2. The van der Waals surface area contributed by atoms with Crippen molar-refractivity contribution in [3.05, 3.63) is 51.8 Å². The number of pyridine rings is 1. The Morgan fingerprint density at radius 3 is 2.93 bits per heavy atom. The van der Waals surface area contributed by atoms with Crippen LogP contribution in [-0.4, -0.2) is 40.4 Å². The molecule has 0 bridgehead atoms. The number of amides is 1. The number of nitrogens with one attached hydrogen (secondary N) is 2. The molecule has 0 fully saturated rings. The zero-order valence-corrected chi connectivity index (χ0v) is 16.2. The number of benzene rings is 1. The molecule has 1 atom stereocenters. The number of aromatic nitrogens is 1. The van der Waals surface area contributed by atoms with Gasteiger partial charge >= 0.3 is 0 Å². The molecule has 0 aliphatic rings. The molecule has 142 valence electrons. The molecule has 0 radical (unpaired) electrons. The maximum Gasteiger partial charge on any atom is 0.289 e. The number of furan rings is 1. The Morgan fingerprint density at radius 1 is 1.37 bits per heavy atom. The second-order valence-corrected chi connectivity index (χ2v) is 7.05. The van der Waals surface area contributed by atoms with Gasteiger partial charge in [-0.1, -0.05) is 0 Å². The third-order valence-corrected chi connectivity index (χ3v) is 4.53. The Hall–Kier alpha value is -2.24. The predicted octanol–water partition coefficient (Wildman–Crippen LogP) is 2.79. The zero-order valence-electron chi connectivity index (χ0n) is 14.1. The van der Waals surface area contributed by atoms with Crippen molar-refractivity contribution in [3.8, 4) is 0 Å². The summed E-state index contributed by atoms with van der Waals surface area (Å²) in [7, 11) is 0. The summed E-state index contributed by atoms with van der Waals surface area (Å²) >= 11 is 2.01. The average molecular weight is 485 g/mol. The molecule has 7 nitrogen and oxygen atoms in total. The molecule has 27 heavy (non-hydrogen) atoms. The largest absolute Gasteiger partial charge is 0.448 e. The molecule has 0 unspecified atom stereocenters. The zero-order chi connectivity index (χ0) is 19.4. The van der Waals surface area contributed by atoms with Crippen molar-refractivity contribution in [3.63, 3.8) is 0 Å². The highest BCUT2D eigenvalue weighted by atomic mass is 127. The average Bonchev–Trinajstić information content (AvgIpc) is 3.02. The summed E-state index contributed by atoms with van der Waals surface area (Å²) < 4.78 is 20.6. The van der Waals surface area contributed by atoms with Crippen LogP contribution in [0, 0.1) is 9.39 Å². The summed E-state index contributed by atoms with van der Waals surface area (Å²) in [6, 6.07) is 6.30. The first-order valence-electron chi connectivity index (χ1n) is 8.15. The van der Waals surface area contributed by atoms with Crippen LogP contribution in [0.2, 0.25) is 0 Å². The molecule has 0 saturated carbocycles. The van der Waals surface area contributed by atoms with Gasteiger partial charge in [0, 0.05) is 22.5 Å². The molecular formula is C18H17FIN3O4. The highest BCUT2D eigenvalue weighted by Gasteiger charge is 2.22. The van der Waals surface area contributed by atoms with Crippen LogP contribution in [0.1, 0.15) is 17.0 Å². The van der Waals surface area contributed by atoms with Crippen molar-refractivity contribution in [1.82, 2.24) is 10.3 Å². The van der Waals surface area contributed by atoms with Gasteiger partial charge in [0.05, 0.1) is 23.8 Å². The molecule has 3 aromatic rings. The van der Waals surface area contributed by atoms with Gasteiger partial charge < -0.3 is 25.3 Å². The number of aliphatic hydroxyl groups excluding tert-OH is 2. The number of nitrogens with zero attached hydrogens (tertiary/aromatic N) is 1. The summed E-state index contributed by atoms with van der Waals surface area (Å²) in [4.78, 5) is 16.6. The van der Waals surface area contributed by atoms with E-state index >= 15 is 0 Å². The molecule has 1 amide bonds. The predicted molar refractivity (Wildman–Crippen MR) is 106 cm³/mol. The van der Waals surface area contributed by atoms with Gasteiger partial charge in [0.15, 0.2) is 0 Å². The molecule has 4 N–H and O–H groups in total. The number of anilines is 2. The summed E-state index contributed by atoms with van der Waals surface area (Å²) in [6.45, 7) is -0.238. The molecular weight excluding hydrogens is 468 g/mol. The van der Waals surface area contributed by atoms with E-state index in [0.29, 0.717) is 16.7 Å². The van der Waals surface area contributed by atoms with Crippen molar-refractivity contribution >= 4 is 50.8 Å². The van der Waals surface area contributed by atoms with E-state index in [1.807, 2.05) is 22.6 Å². The Balaban J connectivity index is 1.90. The second kappa shape index (κ2) is 8.63. The Kier molecular flexibility index (Phi) is 6.24. The number of carbonyl (C=O) groups excluding carboxylic acids is 1. The lowest BCUT2D eigenvalue weighted by Gasteiger charge is -2.10. The van der Waals surface area contributed by atoms with E-state index in [4.69, 9.17) is 9.52 Å². The van der Waals surface area contributed by atoms with Gasteiger partial charge in [-0.15, -0.1) is 0 Å². The molecule has 0 spiro atoms. The molecule has 2 heterocycles. The molecule has 3 rings (SSSR count). The summed E-state index contributed by atoms with van der Waals surface area (Å²) in [5, 5.41) is 24.3. The van der Waals surface area contributed by atoms with Crippen LogP contribution in [-0.2, 0) is 0 Å². The highest BCUT2D eigenvalue weighted by Crippen LogP contribution is 2.33. The van der Waals surface area contributed by atoms with E-state index in [2.05, 4.69) is 15.6 Å². The molecule has 0 aliphatic heterocycles. The van der Waals surface area contributed by atoms with E-state index in [1.165, 1.54) is 18.5 Å². The Morgan fingerprint density at radius 2 is 2.19 bits per heavy atom. The molecule has 0 aliphatic carbocycles. The highest BCUT2D eigenvalue weighted by molar-refractivity contribution is 14.1. The first kappa shape index (κ1) is 19.5. The smallest absolute Gasteiger partial charge is 0.289 e. The third kappa shape index (κ3) is 4.54. The third-order valence-electron chi connectivity index (χ3n) is 3.86. The minimum absolute atomic E-state index is 0.0190. The van der Waals surface area contributed by atoms with Gasteiger partial charge in [-0.05, 0) is 53.3 Å². The van der Waals surface area contributed by atoms with E-state index in [1.54, 1.807) is 18.2 Å². The SMILES string of the molecule is O=C(NCC[C@H](O)CO)c1oc2ccncc2c1Nc1ccc(I)cc1F. The summed E-state index contributed by atoms with van der Waals surface area (Å²) in [6.07, 6.45) is 2.33. The van der Waals surface area contributed by atoms with Gasteiger partial charge in [0.1, 0.15) is 17.1 Å². The lowest BCUT2D eigenvalue weighted by Crippen LogP contribution is -2.28. The summed E-state index contributed by atoms with van der Waals surface area (Å²) in [5.74, 6) is -1.00. The van der Waals surface area contributed by atoms with Crippen molar-refractivity contribution in [2.75, 3.05) is 18.5 Å². The molecule has 0 saturated heterocycles. The number of rotatable bonds is 7. The fraction of sp³-hybridized carbons (Fsp3) is 0.222. The van der Waals surface area contributed by atoms with Crippen LogP contribution in [0.25, 0.3) is 11.0 Å². The summed E-state index contributed by atoms with van der Waals surface area (Å²) in [5.41, 5.74) is 0.934. The van der Waals surface area contributed by atoms with Crippen molar-refractivity contribution < 1.29 is 23.8 Å². The number of carbonyl (C=O) groups is 1. The first-order valence-corrected chi connectivity index (χ1v) is 9.23. The van der Waals surface area contributed by atoms with E-state index in [-0.39, 0.29) is 31.0 Å². The second-order valence-electron chi connectivity index (χ2n) is 5.81.